The first-order chi connectivity index (χ1) is 8.28. The van der Waals surface area contributed by atoms with E-state index in [0.29, 0.717) is 11.4 Å². The Kier molecular flexibility index (Phi) is 4.25. The second kappa shape index (κ2) is 5.48. The Morgan fingerprint density at radius 1 is 1.33 bits per heavy atom. The highest BCUT2D eigenvalue weighted by atomic mass is 16.2. The first kappa shape index (κ1) is 14.0. The van der Waals surface area contributed by atoms with Crippen molar-refractivity contribution in [3.63, 3.8) is 0 Å². The second-order valence-corrected chi connectivity index (χ2v) is 4.95. The molecule has 0 saturated heterocycles. The molecule has 1 heterocycles. The van der Waals surface area contributed by atoms with E-state index in [1.165, 1.54) is 6.20 Å². The number of hydrogen-bond donors (Lipinski definition) is 3. The molecule has 2 amide bonds. The highest BCUT2D eigenvalue weighted by Gasteiger charge is 2.13. The average molecular weight is 250 g/mol. The number of anilines is 1. The number of carbonyl (C=O) groups is 2. The summed E-state index contributed by atoms with van der Waals surface area (Å²) in [4.78, 5) is 26.3. The number of nitrogens with one attached hydrogen (secondary N) is 2. The molecule has 98 valence electrons. The molecule has 0 radical (unpaired) electrons. The monoisotopic (exact) mass is 250 g/mol. The van der Waals surface area contributed by atoms with Crippen molar-refractivity contribution in [1.82, 2.24) is 10.3 Å². The SMILES string of the molecule is CC(C)(C)NC(=O)CNc1ccc(C(N)=O)cn1. The molecule has 0 aliphatic rings. The van der Waals surface area contributed by atoms with Crippen LogP contribution in [-0.4, -0.2) is 28.9 Å². The van der Waals surface area contributed by atoms with Crippen molar-refractivity contribution in [2.75, 3.05) is 11.9 Å². The van der Waals surface area contributed by atoms with Gasteiger partial charge in [0.1, 0.15) is 5.82 Å². The van der Waals surface area contributed by atoms with Crippen LogP contribution in [0.4, 0.5) is 5.82 Å². The molecule has 0 aromatic carbocycles. The van der Waals surface area contributed by atoms with Crippen LogP contribution in [-0.2, 0) is 4.79 Å². The van der Waals surface area contributed by atoms with E-state index >= 15 is 0 Å². The molecule has 0 atom stereocenters. The van der Waals surface area contributed by atoms with Crippen molar-refractivity contribution >= 4 is 17.6 Å². The molecular formula is C12H18N4O2. The Morgan fingerprint density at radius 3 is 2.44 bits per heavy atom. The van der Waals surface area contributed by atoms with E-state index in [1.54, 1.807) is 12.1 Å². The fourth-order valence-corrected chi connectivity index (χ4v) is 1.28. The van der Waals surface area contributed by atoms with Crippen molar-refractivity contribution in [1.29, 1.82) is 0 Å². The van der Waals surface area contributed by atoms with Crippen molar-refractivity contribution in [3.8, 4) is 0 Å². The molecule has 6 heteroatoms. The molecule has 0 aliphatic carbocycles. The van der Waals surface area contributed by atoms with E-state index in [4.69, 9.17) is 5.73 Å². The van der Waals surface area contributed by atoms with Crippen LogP contribution in [0.3, 0.4) is 0 Å². The Balaban J connectivity index is 2.49. The van der Waals surface area contributed by atoms with Crippen LogP contribution in [0.1, 0.15) is 31.1 Å². The minimum absolute atomic E-state index is 0.122. The molecule has 4 N–H and O–H groups in total. The molecule has 0 unspecified atom stereocenters. The molecule has 1 aromatic rings. The third-order valence-electron chi connectivity index (χ3n) is 1.99. The summed E-state index contributed by atoms with van der Waals surface area (Å²) >= 11 is 0. The first-order valence-corrected chi connectivity index (χ1v) is 5.59. The van der Waals surface area contributed by atoms with Crippen LogP contribution in [0.15, 0.2) is 18.3 Å². The van der Waals surface area contributed by atoms with Gasteiger partial charge in [-0.2, -0.15) is 0 Å². The minimum atomic E-state index is -0.528. The molecule has 0 bridgehead atoms. The Morgan fingerprint density at radius 2 is 2.00 bits per heavy atom. The zero-order valence-corrected chi connectivity index (χ0v) is 10.8. The standard InChI is InChI=1S/C12H18N4O2/c1-12(2,3)16-10(17)7-15-9-5-4-8(6-14-9)11(13)18/h4-6H,7H2,1-3H3,(H2,13,18)(H,14,15)(H,16,17). The van der Waals surface area contributed by atoms with Gasteiger partial charge in [0.2, 0.25) is 11.8 Å². The molecule has 0 fully saturated rings. The van der Waals surface area contributed by atoms with Crippen molar-refractivity contribution in [2.45, 2.75) is 26.3 Å². The third kappa shape index (κ3) is 4.82. The Hall–Kier alpha value is -2.11. The summed E-state index contributed by atoms with van der Waals surface area (Å²) in [6, 6.07) is 3.16. The topological polar surface area (TPSA) is 97.1 Å². The second-order valence-electron chi connectivity index (χ2n) is 4.95. The summed E-state index contributed by atoms with van der Waals surface area (Å²) in [5.74, 6) is -0.133. The van der Waals surface area contributed by atoms with Gasteiger partial charge in [-0.15, -0.1) is 0 Å². The number of primary amides is 1. The van der Waals surface area contributed by atoms with E-state index < -0.39 is 5.91 Å². The van der Waals surface area contributed by atoms with Gasteiger partial charge in [0.15, 0.2) is 0 Å². The summed E-state index contributed by atoms with van der Waals surface area (Å²) < 4.78 is 0. The molecule has 1 rings (SSSR count). The van der Waals surface area contributed by atoms with Crippen LogP contribution in [0.5, 0.6) is 0 Å². The smallest absolute Gasteiger partial charge is 0.250 e. The van der Waals surface area contributed by atoms with E-state index in [9.17, 15) is 9.59 Å². The number of amides is 2. The molecule has 0 saturated carbocycles. The number of rotatable bonds is 4. The number of carbonyl (C=O) groups excluding carboxylic acids is 2. The van der Waals surface area contributed by atoms with Crippen LogP contribution in [0.2, 0.25) is 0 Å². The lowest BCUT2D eigenvalue weighted by atomic mass is 10.1. The number of aromatic nitrogens is 1. The van der Waals surface area contributed by atoms with Crippen LogP contribution in [0, 0.1) is 0 Å². The zero-order valence-electron chi connectivity index (χ0n) is 10.8. The van der Waals surface area contributed by atoms with Crippen molar-refractivity contribution < 1.29 is 9.59 Å². The van der Waals surface area contributed by atoms with Gasteiger partial charge in [0, 0.05) is 11.7 Å². The van der Waals surface area contributed by atoms with Crippen molar-refractivity contribution in [2.24, 2.45) is 5.73 Å². The van der Waals surface area contributed by atoms with Gasteiger partial charge < -0.3 is 16.4 Å². The molecule has 0 spiro atoms. The number of nitrogens with zero attached hydrogens (tertiary/aromatic N) is 1. The van der Waals surface area contributed by atoms with Crippen LogP contribution in [0.25, 0.3) is 0 Å². The number of nitrogens with two attached hydrogens (primary N) is 1. The van der Waals surface area contributed by atoms with Gasteiger partial charge in [-0.05, 0) is 32.9 Å². The quantitative estimate of drug-likeness (QED) is 0.725. The van der Waals surface area contributed by atoms with Gasteiger partial charge in [-0.3, -0.25) is 9.59 Å². The molecule has 1 aromatic heterocycles. The molecule has 6 nitrogen and oxygen atoms in total. The van der Waals surface area contributed by atoms with E-state index in [0.717, 1.165) is 0 Å². The summed E-state index contributed by atoms with van der Waals surface area (Å²) in [5.41, 5.74) is 5.16. The maximum absolute atomic E-state index is 11.5. The van der Waals surface area contributed by atoms with E-state index in [1.807, 2.05) is 20.8 Å². The zero-order chi connectivity index (χ0) is 13.8. The lowest BCUT2D eigenvalue weighted by molar-refractivity contribution is -0.120. The van der Waals surface area contributed by atoms with Gasteiger partial charge >= 0.3 is 0 Å². The molecule has 18 heavy (non-hydrogen) atoms. The predicted octanol–water partition coefficient (Wildman–Crippen LogP) is 0.507. The lowest BCUT2D eigenvalue weighted by Gasteiger charge is -2.20. The predicted molar refractivity (Wildman–Crippen MR) is 69.1 cm³/mol. The maximum Gasteiger partial charge on any atom is 0.250 e. The summed E-state index contributed by atoms with van der Waals surface area (Å²) in [5, 5.41) is 5.67. The van der Waals surface area contributed by atoms with E-state index in [2.05, 4.69) is 15.6 Å². The minimum Gasteiger partial charge on any atom is -0.366 e. The average Bonchev–Trinajstić information content (AvgIpc) is 2.24. The van der Waals surface area contributed by atoms with Crippen LogP contribution >= 0.6 is 0 Å². The Labute approximate surface area is 106 Å². The van der Waals surface area contributed by atoms with Gasteiger partial charge in [0.25, 0.3) is 0 Å². The lowest BCUT2D eigenvalue weighted by Crippen LogP contribution is -2.43. The fraction of sp³-hybridized carbons (Fsp3) is 0.417. The first-order valence-electron chi connectivity index (χ1n) is 5.59. The largest absolute Gasteiger partial charge is 0.366 e. The number of pyridine rings is 1. The third-order valence-corrected chi connectivity index (χ3v) is 1.99. The van der Waals surface area contributed by atoms with Gasteiger partial charge in [-0.25, -0.2) is 4.98 Å². The number of hydrogen-bond acceptors (Lipinski definition) is 4. The summed E-state index contributed by atoms with van der Waals surface area (Å²) in [6.45, 7) is 5.85. The normalized spacial score (nSPS) is 10.8. The van der Waals surface area contributed by atoms with Gasteiger partial charge in [0.05, 0.1) is 12.1 Å². The van der Waals surface area contributed by atoms with Gasteiger partial charge in [-0.1, -0.05) is 0 Å². The Bertz CT molecular complexity index is 434. The highest BCUT2D eigenvalue weighted by Crippen LogP contribution is 2.04. The van der Waals surface area contributed by atoms with E-state index in [-0.39, 0.29) is 18.0 Å². The molecular weight excluding hydrogens is 232 g/mol. The van der Waals surface area contributed by atoms with Crippen molar-refractivity contribution in [3.05, 3.63) is 23.9 Å². The fourth-order valence-electron chi connectivity index (χ4n) is 1.28. The highest BCUT2D eigenvalue weighted by molar-refractivity contribution is 5.92. The van der Waals surface area contributed by atoms with Crippen LogP contribution < -0.4 is 16.4 Å². The summed E-state index contributed by atoms with van der Waals surface area (Å²) in [7, 11) is 0. The summed E-state index contributed by atoms with van der Waals surface area (Å²) in [6.07, 6.45) is 1.37. The maximum atomic E-state index is 11.5. The molecule has 0 aliphatic heterocycles.